The minimum Gasteiger partial charge on any atom is -0.495 e. The van der Waals surface area contributed by atoms with Crippen LogP contribution in [0.25, 0.3) is 5.69 Å². The van der Waals surface area contributed by atoms with Crippen molar-refractivity contribution in [3.8, 4) is 11.4 Å². The fourth-order valence-electron chi connectivity index (χ4n) is 3.49. The quantitative estimate of drug-likeness (QED) is 0.544. The molecule has 3 aromatic rings. The number of carbonyl (C=O) groups excluding carboxylic acids is 2. The summed E-state index contributed by atoms with van der Waals surface area (Å²) in [6.07, 6.45) is 0. The Morgan fingerprint density at radius 1 is 1.06 bits per heavy atom. The predicted molar refractivity (Wildman–Crippen MR) is 135 cm³/mol. The highest BCUT2D eigenvalue weighted by atomic mass is 16.5. The molecule has 0 aliphatic carbocycles. The van der Waals surface area contributed by atoms with Gasteiger partial charge in [-0.05, 0) is 37.6 Å². The highest BCUT2D eigenvalue weighted by molar-refractivity contribution is 5.97. The van der Waals surface area contributed by atoms with E-state index in [2.05, 4.69) is 37.5 Å². The van der Waals surface area contributed by atoms with Gasteiger partial charge in [0.15, 0.2) is 0 Å². The summed E-state index contributed by atoms with van der Waals surface area (Å²) in [7, 11) is 3.10. The molecule has 1 aromatic heterocycles. The molecule has 180 valence electrons. The van der Waals surface area contributed by atoms with Crippen molar-refractivity contribution < 1.29 is 14.3 Å². The zero-order chi connectivity index (χ0) is 25.0. The lowest BCUT2D eigenvalue weighted by molar-refractivity contribution is -0.116. The third-order valence-electron chi connectivity index (χ3n) is 5.40. The molecule has 2 aromatic carbocycles. The van der Waals surface area contributed by atoms with Gasteiger partial charge in [-0.3, -0.25) is 4.79 Å². The van der Waals surface area contributed by atoms with Gasteiger partial charge in [-0.25, -0.2) is 9.48 Å². The Morgan fingerprint density at radius 3 is 2.41 bits per heavy atom. The van der Waals surface area contributed by atoms with Crippen LogP contribution in [0.1, 0.15) is 37.6 Å². The third-order valence-corrected chi connectivity index (χ3v) is 5.40. The predicted octanol–water partition coefficient (Wildman–Crippen LogP) is 4.90. The summed E-state index contributed by atoms with van der Waals surface area (Å²) in [5, 5.41) is 10.5. The number of amides is 3. The Labute approximate surface area is 200 Å². The molecule has 8 nitrogen and oxygen atoms in total. The first-order valence-corrected chi connectivity index (χ1v) is 11.1. The molecule has 0 bridgehead atoms. The molecule has 0 saturated carbocycles. The minimum absolute atomic E-state index is 0.135. The Hall–Kier alpha value is -3.81. The molecule has 0 saturated heterocycles. The number of rotatable bonds is 6. The van der Waals surface area contributed by atoms with Crippen LogP contribution >= 0.6 is 0 Å². The number of anilines is 2. The molecule has 0 spiro atoms. The number of likely N-dealkylation sites (N-methyl/N-ethyl adjacent to an activating group) is 1. The maximum absolute atomic E-state index is 12.9. The van der Waals surface area contributed by atoms with Crippen LogP contribution in [0.4, 0.5) is 16.3 Å². The normalized spacial score (nSPS) is 11.1. The Balaban J connectivity index is 1.78. The number of aromatic nitrogens is 2. The van der Waals surface area contributed by atoms with Gasteiger partial charge in [0.05, 0.1) is 24.2 Å². The molecule has 0 aliphatic rings. The topological polar surface area (TPSA) is 88.5 Å². The standard InChI is InChI=1S/C26H33N5O3/c1-17-12-13-20(18(2)14-17)31-23(15-22(29-31)26(3,4)5)28-24(32)16-30(6)25(33)27-19-10-8-9-11-21(19)34-7/h8-15H,16H2,1-7H3,(H,27,33)(H,28,32). The van der Waals surface area contributed by atoms with E-state index in [4.69, 9.17) is 9.84 Å². The number of carbonyl (C=O) groups is 2. The van der Waals surface area contributed by atoms with Gasteiger partial charge >= 0.3 is 6.03 Å². The first-order valence-electron chi connectivity index (χ1n) is 11.1. The van der Waals surface area contributed by atoms with Crippen LogP contribution in [0, 0.1) is 13.8 Å². The third kappa shape index (κ3) is 5.75. The Kier molecular flexibility index (Phi) is 7.29. The fourth-order valence-corrected chi connectivity index (χ4v) is 3.49. The van der Waals surface area contributed by atoms with Crippen molar-refractivity contribution in [3.05, 3.63) is 65.4 Å². The van der Waals surface area contributed by atoms with Gasteiger partial charge in [-0.2, -0.15) is 5.10 Å². The lowest BCUT2D eigenvalue weighted by Crippen LogP contribution is -2.38. The zero-order valence-electron chi connectivity index (χ0n) is 20.9. The SMILES string of the molecule is COc1ccccc1NC(=O)N(C)CC(=O)Nc1cc(C(C)(C)C)nn1-c1ccc(C)cc1C. The maximum atomic E-state index is 12.9. The van der Waals surface area contributed by atoms with Gasteiger partial charge in [0, 0.05) is 18.5 Å². The summed E-state index contributed by atoms with van der Waals surface area (Å²) in [5.41, 5.74) is 4.27. The molecule has 0 atom stereocenters. The van der Waals surface area contributed by atoms with Gasteiger partial charge < -0.3 is 20.3 Å². The highest BCUT2D eigenvalue weighted by Crippen LogP contribution is 2.28. The van der Waals surface area contributed by atoms with Crippen molar-refractivity contribution in [2.45, 2.75) is 40.0 Å². The van der Waals surface area contributed by atoms with Crippen molar-refractivity contribution in [2.75, 3.05) is 31.3 Å². The van der Waals surface area contributed by atoms with Crippen LogP contribution in [-0.4, -0.2) is 47.3 Å². The number of nitrogens with one attached hydrogen (secondary N) is 2. The lowest BCUT2D eigenvalue weighted by Gasteiger charge is -2.19. The van der Waals surface area contributed by atoms with Crippen molar-refractivity contribution in [2.24, 2.45) is 0 Å². The fraction of sp³-hybridized carbons (Fsp3) is 0.346. The van der Waals surface area contributed by atoms with Crippen LogP contribution in [0.15, 0.2) is 48.5 Å². The molecule has 3 amide bonds. The molecular formula is C26H33N5O3. The van der Waals surface area contributed by atoms with E-state index in [-0.39, 0.29) is 17.9 Å². The smallest absolute Gasteiger partial charge is 0.322 e. The van der Waals surface area contributed by atoms with Gasteiger partial charge in [-0.1, -0.05) is 50.6 Å². The molecule has 0 aliphatic heterocycles. The molecule has 34 heavy (non-hydrogen) atoms. The van der Waals surface area contributed by atoms with Crippen molar-refractivity contribution >= 4 is 23.4 Å². The van der Waals surface area contributed by atoms with Crippen LogP contribution in [0.2, 0.25) is 0 Å². The van der Waals surface area contributed by atoms with Crippen LogP contribution < -0.4 is 15.4 Å². The van der Waals surface area contributed by atoms with E-state index in [0.29, 0.717) is 17.3 Å². The number of nitrogens with zero attached hydrogens (tertiary/aromatic N) is 3. The number of hydrogen-bond donors (Lipinski definition) is 2. The number of benzene rings is 2. The number of methoxy groups -OCH3 is 1. The number of aryl methyl sites for hydroxylation is 2. The zero-order valence-corrected chi connectivity index (χ0v) is 20.9. The van der Waals surface area contributed by atoms with Gasteiger partial charge in [0.25, 0.3) is 0 Å². The summed E-state index contributed by atoms with van der Waals surface area (Å²) in [6.45, 7) is 10.1. The summed E-state index contributed by atoms with van der Waals surface area (Å²) >= 11 is 0. The van der Waals surface area contributed by atoms with Gasteiger partial charge in [0.1, 0.15) is 18.1 Å². The van der Waals surface area contributed by atoms with Crippen LogP contribution in [-0.2, 0) is 10.2 Å². The minimum atomic E-state index is -0.419. The van der Waals surface area contributed by atoms with E-state index in [1.807, 2.05) is 38.1 Å². The van der Waals surface area contributed by atoms with E-state index in [0.717, 1.165) is 22.5 Å². The summed E-state index contributed by atoms with van der Waals surface area (Å²) in [4.78, 5) is 26.8. The Morgan fingerprint density at radius 2 is 1.76 bits per heavy atom. The van der Waals surface area contributed by atoms with Crippen LogP contribution in [0.5, 0.6) is 5.75 Å². The van der Waals surface area contributed by atoms with Gasteiger partial charge in [0.2, 0.25) is 5.91 Å². The number of para-hydroxylation sites is 2. The molecule has 0 radical (unpaired) electrons. The molecule has 2 N–H and O–H groups in total. The molecule has 3 rings (SSSR count). The second-order valence-electron chi connectivity index (χ2n) is 9.40. The molecule has 0 fully saturated rings. The summed E-state index contributed by atoms with van der Waals surface area (Å²) < 4.78 is 7.02. The van der Waals surface area contributed by atoms with E-state index in [1.54, 1.807) is 29.9 Å². The van der Waals surface area contributed by atoms with Crippen molar-refractivity contribution in [1.82, 2.24) is 14.7 Å². The first kappa shape index (κ1) is 24.8. The molecular weight excluding hydrogens is 430 g/mol. The average molecular weight is 464 g/mol. The largest absolute Gasteiger partial charge is 0.495 e. The van der Waals surface area contributed by atoms with Crippen LogP contribution in [0.3, 0.4) is 0 Å². The monoisotopic (exact) mass is 463 g/mol. The first-order chi connectivity index (χ1) is 16.0. The number of ether oxygens (including phenoxy) is 1. The molecule has 0 unspecified atom stereocenters. The average Bonchev–Trinajstić information content (AvgIpc) is 3.17. The maximum Gasteiger partial charge on any atom is 0.322 e. The second kappa shape index (κ2) is 9.99. The van der Waals surface area contributed by atoms with E-state index < -0.39 is 6.03 Å². The van der Waals surface area contributed by atoms with Crippen molar-refractivity contribution in [1.29, 1.82) is 0 Å². The number of hydrogen-bond acceptors (Lipinski definition) is 4. The van der Waals surface area contributed by atoms with E-state index in [9.17, 15) is 9.59 Å². The molecule has 1 heterocycles. The molecule has 8 heteroatoms. The summed E-state index contributed by atoms with van der Waals surface area (Å²) in [5.74, 6) is 0.769. The second-order valence-corrected chi connectivity index (χ2v) is 9.40. The highest BCUT2D eigenvalue weighted by Gasteiger charge is 2.23. The van der Waals surface area contributed by atoms with Gasteiger partial charge in [-0.15, -0.1) is 0 Å². The van der Waals surface area contributed by atoms with Crippen molar-refractivity contribution in [3.63, 3.8) is 0 Å². The van der Waals surface area contributed by atoms with E-state index >= 15 is 0 Å². The van der Waals surface area contributed by atoms with E-state index in [1.165, 1.54) is 12.0 Å². The lowest BCUT2D eigenvalue weighted by atomic mass is 9.92. The summed E-state index contributed by atoms with van der Waals surface area (Å²) in [6, 6.07) is 14.7. The number of urea groups is 1. The Bertz CT molecular complexity index is 1190.